The van der Waals surface area contributed by atoms with Gasteiger partial charge in [0.2, 0.25) is 5.91 Å². The van der Waals surface area contributed by atoms with E-state index in [4.69, 9.17) is 10.3 Å². The molecule has 0 spiro atoms. The number of hydrogen-bond donors (Lipinski definition) is 4. The van der Waals surface area contributed by atoms with Gasteiger partial charge in [-0.05, 0) is 66.7 Å². The zero-order valence-corrected chi connectivity index (χ0v) is 19.2. The molecule has 0 bridgehead atoms. The highest BCUT2D eigenvalue weighted by atomic mass is 32.2. The largest absolute Gasteiger partial charge is 0.351 e. The fourth-order valence-corrected chi connectivity index (χ4v) is 3.16. The second-order valence-corrected chi connectivity index (χ2v) is 8.43. The van der Waals surface area contributed by atoms with E-state index in [1.165, 1.54) is 30.3 Å². The van der Waals surface area contributed by atoms with Gasteiger partial charge in [0.05, 0.1) is 27.6 Å². The molecule has 0 atom stereocenters. The molecule has 0 unspecified atom stereocenters. The summed E-state index contributed by atoms with van der Waals surface area (Å²) in [5.41, 5.74) is 7.71. The van der Waals surface area contributed by atoms with E-state index in [2.05, 4.69) is 31.1 Å². The number of urea groups is 1. The van der Waals surface area contributed by atoms with Crippen LogP contribution >= 0.6 is 0 Å². The van der Waals surface area contributed by atoms with Gasteiger partial charge in [-0.15, -0.1) is 5.11 Å². The van der Waals surface area contributed by atoms with Crippen LogP contribution in [0.3, 0.4) is 0 Å². The minimum Gasteiger partial charge on any atom is -0.351 e. The van der Waals surface area contributed by atoms with Gasteiger partial charge in [0.15, 0.2) is 0 Å². The van der Waals surface area contributed by atoms with E-state index in [1.54, 1.807) is 43.3 Å². The topological polar surface area (TPSA) is 188 Å². The molecule has 0 aromatic heterocycles. The van der Waals surface area contributed by atoms with Gasteiger partial charge < -0.3 is 16.4 Å². The summed E-state index contributed by atoms with van der Waals surface area (Å²) in [4.78, 5) is 22.7. The summed E-state index contributed by atoms with van der Waals surface area (Å²) in [5.74, 6) is -0.184. The van der Waals surface area contributed by atoms with Gasteiger partial charge in [0, 0.05) is 12.1 Å². The minimum absolute atomic E-state index is 0.184. The van der Waals surface area contributed by atoms with Gasteiger partial charge >= 0.3 is 6.03 Å². The number of hydrogen-bond acceptors (Lipinski definition) is 8. The van der Waals surface area contributed by atoms with Crippen LogP contribution in [-0.4, -0.2) is 24.9 Å². The van der Waals surface area contributed by atoms with Gasteiger partial charge in [0.25, 0.3) is 10.1 Å². The number of nitrogens with zero attached hydrogens (tertiary/aromatic N) is 4. The van der Waals surface area contributed by atoms with Crippen LogP contribution in [-0.2, 0) is 14.9 Å². The first-order valence-electron chi connectivity index (χ1n) is 10.2. The fraction of sp³-hybridized carbons (Fsp3) is 0.0909. The lowest BCUT2D eigenvalue weighted by atomic mass is 10.2. The third kappa shape index (κ3) is 7.52. The summed E-state index contributed by atoms with van der Waals surface area (Å²) in [6.07, 6.45) is 0.302. The van der Waals surface area contributed by atoms with Crippen LogP contribution in [0.4, 0.5) is 38.9 Å². The number of carbonyl (C=O) groups excluding carboxylic acids is 2. The van der Waals surface area contributed by atoms with E-state index in [0.717, 1.165) is 0 Å². The molecular formula is C22H21N7O5S. The molecule has 0 fully saturated rings. The van der Waals surface area contributed by atoms with Crippen molar-refractivity contribution in [3.05, 3.63) is 66.7 Å². The molecule has 3 aromatic rings. The molecule has 13 heteroatoms. The van der Waals surface area contributed by atoms with Gasteiger partial charge in [-0.3, -0.25) is 9.35 Å². The first-order chi connectivity index (χ1) is 16.6. The van der Waals surface area contributed by atoms with Gasteiger partial charge in [-0.25, -0.2) is 4.79 Å². The lowest BCUT2D eigenvalue weighted by molar-refractivity contribution is -0.115. The molecule has 0 saturated heterocycles. The van der Waals surface area contributed by atoms with Crippen LogP contribution in [0.5, 0.6) is 0 Å². The first-order valence-corrected chi connectivity index (χ1v) is 11.6. The van der Waals surface area contributed by atoms with Crippen molar-refractivity contribution in [2.45, 2.75) is 18.2 Å². The molecule has 3 aromatic carbocycles. The number of rotatable bonds is 8. The fourth-order valence-electron chi connectivity index (χ4n) is 2.68. The molecule has 35 heavy (non-hydrogen) atoms. The number of azo groups is 2. The molecular weight excluding hydrogens is 474 g/mol. The highest BCUT2D eigenvalue weighted by molar-refractivity contribution is 7.85. The maximum Gasteiger partial charge on any atom is 0.316 e. The number of carbonyl (C=O) groups is 2. The first kappa shape index (κ1) is 25.1. The smallest absolute Gasteiger partial charge is 0.316 e. The molecule has 0 heterocycles. The molecule has 180 valence electrons. The molecule has 12 nitrogen and oxygen atoms in total. The SMILES string of the molecule is CCC(=O)Nc1ccc(N=Nc2ccc(N=Nc3ccc(S(=O)(=O)O)cc3)cc2)c(NC(N)=O)c1. The minimum atomic E-state index is -4.27. The van der Waals surface area contributed by atoms with Crippen molar-refractivity contribution in [3.8, 4) is 0 Å². The summed E-state index contributed by atoms with van der Waals surface area (Å²) in [5, 5.41) is 21.5. The third-order valence-electron chi connectivity index (χ3n) is 4.40. The normalized spacial score (nSPS) is 11.6. The Hall–Kier alpha value is -4.49. The Kier molecular flexibility index (Phi) is 7.96. The van der Waals surface area contributed by atoms with E-state index >= 15 is 0 Å². The van der Waals surface area contributed by atoms with Crippen LogP contribution < -0.4 is 16.4 Å². The zero-order chi connectivity index (χ0) is 25.4. The Labute approximate surface area is 200 Å². The lowest BCUT2D eigenvalue weighted by Crippen LogP contribution is -2.19. The van der Waals surface area contributed by atoms with Crippen LogP contribution in [0, 0.1) is 0 Å². The molecule has 0 aliphatic heterocycles. The number of nitrogens with two attached hydrogens (primary N) is 1. The van der Waals surface area contributed by atoms with Crippen molar-refractivity contribution in [2.24, 2.45) is 26.2 Å². The third-order valence-corrected chi connectivity index (χ3v) is 5.27. The second kappa shape index (κ2) is 11.1. The van der Waals surface area contributed by atoms with E-state index in [9.17, 15) is 18.0 Å². The monoisotopic (exact) mass is 495 g/mol. The summed E-state index contributed by atoms with van der Waals surface area (Å²) >= 11 is 0. The summed E-state index contributed by atoms with van der Waals surface area (Å²) in [6.45, 7) is 1.72. The van der Waals surface area contributed by atoms with Crippen LogP contribution in [0.1, 0.15) is 13.3 Å². The van der Waals surface area contributed by atoms with Gasteiger partial charge in [-0.1, -0.05) is 6.92 Å². The molecule has 0 saturated carbocycles. The highest BCUT2D eigenvalue weighted by Gasteiger charge is 2.09. The highest BCUT2D eigenvalue weighted by Crippen LogP contribution is 2.31. The van der Waals surface area contributed by atoms with Crippen LogP contribution in [0.25, 0.3) is 0 Å². The van der Waals surface area contributed by atoms with E-state index in [-0.39, 0.29) is 16.5 Å². The van der Waals surface area contributed by atoms with E-state index in [1.807, 2.05) is 0 Å². The number of benzene rings is 3. The average Bonchev–Trinajstić information content (AvgIpc) is 2.82. The van der Waals surface area contributed by atoms with E-state index in [0.29, 0.717) is 34.9 Å². The quantitative estimate of drug-likeness (QED) is 0.233. The summed E-state index contributed by atoms with van der Waals surface area (Å²) < 4.78 is 31.2. The summed E-state index contributed by atoms with van der Waals surface area (Å²) in [6, 6.07) is 15.8. The van der Waals surface area contributed by atoms with Crippen LogP contribution in [0.15, 0.2) is 92.1 Å². The Balaban J connectivity index is 1.72. The number of anilines is 2. The lowest BCUT2D eigenvalue weighted by Gasteiger charge is -2.09. The van der Waals surface area contributed by atoms with Gasteiger partial charge in [0.1, 0.15) is 5.69 Å². The number of nitrogens with one attached hydrogen (secondary N) is 2. The second-order valence-electron chi connectivity index (χ2n) is 7.01. The van der Waals surface area contributed by atoms with Gasteiger partial charge in [-0.2, -0.15) is 23.8 Å². The molecule has 0 radical (unpaired) electrons. The molecule has 3 rings (SSSR count). The predicted molar refractivity (Wildman–Crippen MR) is 130 cm³/mol. The number of primary amides is 1. The predicted octanol–water partition coefficient (Wildman–Crippen LogP) is 5.60. The average molecular weight is 496 g/mol. The van der Waals surface area contributed by atoms with Crippen molar-refractivity contribution in [1.29, 1.82) is 0 Å². The standard InChI is InChI=1S/C22H21N7O5S/c1-2-21(30)24-17-9-12-19(20(13-17)25-22(23)31)29-28-15-5-3-14(4-6-15)26-27-16-7-10-18(11-8-16)35(32,33)34/h3-13H,2H2,1H3,(H,24,30)(H3,23,25,31)(H,32,33,34). The Bertz CT molecular complexity index is 1390. The molecule has 5 N–H and O–H groups in total. The van der Waals surface area contributed by atoms with Crippen molar-refractivity contribution < 1.29 is 22.6 Å². The maximum atomic E-state index is 11.6. The van der Waals surface area contributed by atoms with E-state index < -0.39 is 16.1 Å². The Morgan fingerprint density at radius 3 is 1.83 bits per heavy atom. The number of amides is 3. The molecule has 0 aliphatic rings. The van der Waals surface area contributed by atoms with Crippen LogP contribution in [0.2, 0.25) is 0 Å². The van der Waals surface area contributed by atoms with Crippen molar-refractivity contribution in [3.63, 3.8) is 0 Å². The summed E-state index contributed by atoms with van der Waals surface area (Å²) in [7, 11) is -4.27. The van der Waals surface area contributed by atoms with Crippen molar-refractivity contribution in [1.82, 2.24) is 0 Å². The molecule has 0 aliphatic carbocycles. The zero-order valence-electron chi connectivity index (χ0n) is 18.4. The Morgan fingerprint density at radius 1 is 0.829 bits per heavy atom. The van der Waals surface area contributed by atoms with Crippen molar-refractivity contribution >= 4 is 56.2 Å². The Morgan fingerprint density at radius 2 is 1.34 bits per heavy atom. The van der Waals surface area contributed by atoms with Crippen molar-refractivity contribution in [2.75, 3.05) is 10.6 Å². The molecule has 3 amide bonds. The maximum absolute atomic E-state index is 11.6.